The molecule has 118 valence electrons. The Morgan fingerprint density at radius 3 is 2.62 bits per heavy atom. The molecule has 0 aliphatic rings. The van der Waals surface area contributed by atoms with E-state index < -0.39 is 0 Å². The predicted molar refractivity (Wildman–Crippen MR) is 90.6 cm³/mol. The van der Waals surface area contributed by atoms with Crippen LogP contribution in [-0.2, 0) is 6.54 Å². The van der Waals surface area contributed by atoms with Crippen LogP contribution in [0.15, 0.2) is 55.1 Å². The smallest absolute Gasteiger partial charge is 0.185 e. The Hall–Kier alpha value is -3.06. The number of fused-ring (bicyclic) bond motifs is 1. The molecule has 1 N–H and O–H groups in total. The summed E-state index contributed by atoms with van der Waals surface area (Å²) in [4.78, 5) is 7.99. The van der Waals surface area contributed by atoms with Gasteiger partial charge in [0, 0.05) is 36.9 Å². The third-order valence-corrected chi connectivity index (χ3v) is 3.86. The van der Waals surface area contributed by atoms with Crippen LogP contribution in [0, 0.1) is 0 Å². The van der Waals surface area contributed by atoms with Gasteiger partial charge in [-0.3, -0.25) is 9.97 Å². The molecule has 8 heteroatoms. The van der Waals surface area contributed by atoms with Gasteiger partial charge < -0.3 is 5.32 Å². The molecule has 0 amide bonds. The van der Waals surface area contributed by atoms with E-state index in [2.05, 4.69) is 30.6 Å². The molecule has 0 spiro atoms. The molecule has 0 aliphatic heterocycles. The van der Waals surface area contributed by atoms with Crippen LogP contribution in [0.25, 0.3) is 17.0 Å². The molecule has 0 saturated heterocycles. The molecule has 0 saturated carbocycles. The molecule has 4 aromatic rings. The number of hydrogen-bond donors (Lipinski definition) is 1. The first-order valence-electron chi connectivity index (χ1n) is 7.26. The van der Waals surface area contributed by atoms with E-state index in [-0.39, 0.29) is 0 Å². The number of halogens is 1. The van der Waals surface area contributed by atoms with Crippen molar-refractivity contribution >= 4 is 23.1 Å². The summed E-state index contributed by atoms with van der Waals surface area (Å²) >= 11 is 6.12. The van der Waals surface area contributed by atoms with E-state index >= 15 is 0 Å². The number of pyridine rings is 2. The maximum Gasteiger partial charge on any atom is 0.185 e. The minimum Gasteiger partial charge on any atom is -0.364 e. The molecule has 4 rings (SSSR count). The number of anilines is 1. The van der Waals surface area contributed by atoms with Crippen molar-refractivity contribution in [1.82, 2.24) is 29.8 Å². The zero-order chi connectivity index (χ0) is 16.4. The van der Waals surface area contributed by atoms with E-state index in [0.29, 0.717) is 28.9 Å². The fourth-order valence-corrected chi connectivity index (χ4v) is 2.48. The number of rotatable bonds is 4. The second-order valence-electron chi connectivity index (χ2n) is 5.07. The molecule has 0 unspecified atom stereocenters. The predicted octanol–water partition coefficient (Wildman–Crippen LogP) is 2.85. The average molecular weight is 338 g/mol. The number of nitrogens with one attached hydrogen (secondary N) is 1. The van der Waals surface area contributed by atoms with E-state index in [9.17, 15) is 0 Å². The highest BCUT2D eigenvalue weighted by molar-refractivity contribution is 6.31. The van der Waals surface area contributed by atoms with Crippen LogP contribution < -0.4 is 5.32 Å². The molecule has 7 nitrogen and oxygen atoms in total. The first-order chi connectivity index (χ1) is 11.8. The van der Waals surface area contributed by atoms with Gasteiger partial charge in [0.15, 0.2) is 11.5 Å². The highest BCUT2D eigenvalue weighted by atomic mass is 35.5. The Morgan fingerprint density at radius 2 is 1.79 bits per heavy atom. The lowest BCUT2D eigenvalue weighted by Crippen LogP contribution is -2.05. The van der Waals surface area contributed by atoms with Crippen molar-refractivity contribution in [2.24, 2.45) is 0 Å². The lowest BCUT2D eigenvalue weighted by atomic mass is 10.2. The van der Waals surface area contributed by atoms with Gasteiger partial charge in [-0.05, 0) is 35.9 Å². The molecule has 0 bridgehead atoms. The molecule has 4 aromatic heterocycles. The van der Waals surface area contributed by atoms with Crippen molar-refractivity contribution in [3.63, 3.8) is 0 Å². The fourth-order valence-electron chi connectivity index (χ4n) is 2.30. The number of aromatic nitrogens is 6. The molecular formula is C16H12ClN7. The summed E-state index contributed by atoms with van der Waals surface area (Å²) in [5.41, 5.74) is 2.53. The quantitative estimate of drug-likeness (QED) is 0.616. The zero-order valence-corrected chi connectivity index (χ0v) is 13.2. The minimum atomic E-state index is 0.548. The molecule has 0 radical (unpaired) electrons. The summed E-state index contributed by atoms with van der Waals surface area (Å²) in [6.45, 7) is 0.548. The Balaban J connectivity index is 1.64. The molecular weight excluding hydrogens is 326 g/mol. The van der Waals surface area contributed by atoms with Gasteiger partial charge >= 0.3 is 0 Å². The van der Waals surface area contributed by atoms with Crippen molar-refractivity contribution in [3.8, 4) is 11.4 Å². The zero-order valence-electron chi connectivity index (χ0n) is 12.5. The summed E-state index contributed by atoms with van der Waals surface area (Å²) in [5.74, 6) is 1.36. The van der Waals surface area contributed by atoms with Crippen LogP contribution in [0.4, 0.5) is 5.82 Å². The largest absolute Gasteiger partial charge is 0.364 e. The average Bonchev–Trinajstić information content (AvgIpc) is 3.05. The monoisotopic (exact) mass is 337 g/mol. The van der Waals surface area contributed by atoms with E-state index in [1.165, 1.54) is 0 Å². The van der Waals surface area contributed by atoms with Crippen LogP contribution in [-0.4, -0.2) is 29.8 Å². The van der Waals surface area contributed by atoms with Crippen LogP contribution in [0.5, 0.6) is 0 Å². The van der Waals surface area contributed by atoms with Crippen LogP contribution >= 0.6 is 11.6 Å². The first kappa shape index (κ1) is 14.5. The van der Waals surface area contributed by atoms with Gasteiger partial charge in [-0.1, -0.05) is 11.6 Å². The molecule has 0 atom stereocenters. The minimum absolute atomic E-state index is 0.548. The van der Waals surface area contributed by atoms with Crippen molar-refractivity contribution in [2.75, 3.05) is 5.32 Å². The summed E-state index contributed by atoms with van der Waals surface area (Å²) in [7, 11) is 0. The summed E-state index contributed by atoms with van der Waals surface area (Å²) in [5, 5.41) is 16.8. The molecule has 0 fully saturated rings. The number of nitrogens with zero attached hydrogens (tertiary/aromatic N) is 6. The van der Waals surface area contributed by atoms with E-state index in [4.69, 9.17) is 11.6 Å². The fraction of sp³-hybridized carbons (Fsp3) is 0.0625. The van der Waals surface area contributed by atoms with Crippen molar-refractivity contribution in [1.29, 1.82) is 0 Å². The lowest BCUT2D eigenvalue weighted by Gasteiger charge is -2.07. The van der Waals surface area contributed by atoms with Crippen LogP contribution in [0.3, 0.4) is 0 Å². The van der Waals surface area contributed by atoms with Gasteiger partial charge in [-0.2, -0.15) is 4.52 Å². The summed E-state index contributed by atoms with van der Waals surface area (Å²) in [6, 6.07) is 9.33. The normalized spacial score (nSPS) is 10.9. The third-order valence-electron chi connectivity index (χ3n) is 3.52. The van der Waals surface area contributed by atoms with Gasteiger partial charge in [-0.25, -0.2) is 0 Å². The van der Waals surface area contributed by atoms with Gasteiger partial charge in [0.2, 0.25) is 0 Å². The molecule has 4 heterocycles. The van der Waals surface area contributed by atoms with Gasteiger partial charge in [0.05, 0.1) is 5.02 Å². The van der Waals surface area contributed by atoms with Gasteiger partial charge in [0.25, 0.3) is 0 Å². The van der Waals surface area contributed by atoms with Crippen molar-refractivity contribution in [2.45, 2.75) is 6.54 Å². The Bertz CT molecular complexity index is 984. The van der Waals surface area contributed by atoms with Crippen molar-refractivity contribution < 1.29 is 0 Å². The Kier molecular flexibility index (Phi) is 3.76. The van der Waals surface area contributed by atoms with E-state index in [1.54, 1.807) is 29.3 Å². The molecule has 24 heavy (non-hydrogen) atoms. The maximum atomic E-state index is 6.12. The molecule has 0 aromatic carbocycles. The van der Waals surface area contributed by atoms with Crippen molar-refractivity contribution in [3.05, 3.63) is 65.7 Å². The number of hydrogen-bond acceptors (Lipinski definition) is 6. The second-order valence-corrected chi connectivity index (χ2v) is 5.48. The van der Waals surface area contributed by atoms with Gasteiger partial charge in [0.1, 0.15) is 5.82 Å². The molecule has 0 aliphatic carbocycles. The van der Waals surface area contributed by atoms with Gasteiger partial charge in [-0.15, -0.1) is 15.3 Å². The third kappa shape index (κ3) is 2.77. The summed E-state index contributed by atoms with van der Waals surface area (Å²) < 4.78 is 1.70. The lowest BCUT2D eigenvalue weighted by molar-refractivity contribution is 0.924. The highest BCUT2D eigenvalue weighted by Gasteiger charge is 2.10. The van der Waals surface area contributed by atoms with Crippen LogP contribution in [0.2, 0.25) is 5.02 Å². The Morgan fingerprint density at radius 1 is 0.958 bits per heavy atom. The highest BCUT2D eigenvalue weighted by Crippen LogP contribution is 2.18. The van der Waals surface area contributed by atoms with E-state index in [0.717, 1.165) is 11.1 Å². The standard InChI is InChI=1S/C16H12ClN7/c17-13-10-19-8-5-12(13)9-20-14-1-2-15-21-22-16(24(15)23-14)11-3-6-18-7-4-11/h1-8,10H,9H2,(H,20,23). The summed E-state index contributed by atoms with van der Waals surface area (Å²) in [6.07, 6.45) is 6.76. The second kappa shape index (κ2) is 6.21. The van der Waals surface area contributed by atoms with E-state index in [1.807, 2.05) is 30.3 Å². The Labute approximate surface area is 142 Å². The topological polar surface area (TPSA) is 80.9 Å². The van der Waals surface area contributed by atoms with Crippen LogP contribution in [0.1, 0.15) is 5.56 Å². The first-order valence-corrected chi connectivity index (χ1v) is 7.64. The maximum absolute atomic E-state index is 6.12. The SMILES string of the molecule is Clc1cnccc1CNc1ccc2nnc(-c3ccncc3)n2n1.